The number of aromatic nitrogens is 2. The Labute approximate surface area is 184 Å². The number of rotatable bonds is 5. The largest absolute Gasteiger partial charge is 0.384 e. The first-order valence-electron chi connectivity index (χ1n) is 11.3. The van der Waals surface area contributed by atoms with Gasteiger partial charge in [0.15, 0.2) is 5.69 Å². The van der Waals surface area contributed by atoms with E-state index in [1.165, 1.54) is 25.7 Å². The second kappa shape index (κ2) is 10.1. The molecule has 0 spiro atoms. The van der Waals surface area contributed by atoms with Gasteiger partial charge in [0.1, 0.15) is 5.65 Å². The first-order chi connectivity index (χ1) is 14.7. The van der Waals surface area contributed by atoms with E-state index < -0.39 is 0 Å². The van der Waals surface area contributed by atoms with E-state index in [9.17, 15) is 4.79 Å². The Balaban J connectivity index is 1.63. The van der Waals surface area contributed by atoms with E-state index in [-0.39, 0.29) is 5.91 Å². The van der Waals surface area contributed by atoms with Crippen LogP contribution in [0.3, 0.4) is 0 Å². The minimum atomic E-state index is 0.0668. The van der Waals surface area contributed by atoms with Crippen LogP contribution in [0.4, 0.5) is 0 Å². The number of piperidine rings is 1. The number of carbonyl (C=O) groups is 1. The van der Waals surface area contributed by atoms with Crippen LogP contribution in [-0.4, -0.2) is 65.0 Å². The average Bonchev–Trinajstić information content (AvgIpc) is 3.05. The molecule has 0 aromatic carbocycles. The highest BCUT2D eigenvalue weighted by molar-refractivity contribution is 6.30. The summed E-state index contributed by atoms with van der Waals surface area (Å²) >= 11 is 6.30. The van der Waals surface area contributed by atoms with Crippen molar-refractivity contribution in [3.8, 4) is 0 Å². The maximum atomic E-state index is 13.5. The molecule has 1 atom stereocenters. The Morgan fingerprint density at radius 2 is 1.90 bits per heavy atom. The van der Waals surface area contributed by atoms with Gasteiger partial charge in [-0.15, -0.1) is 0 Å². The standard InChI is InChI=1S/C23H33ClN4O2/c1-30-17-18-8-7-11-26(14-18)16-20-22(25-21-10-9-19(24)15-28(20)21)23(29)27-12-5-3-2-4-6-13-27/h9-10,15,18H,2-8,11-14,16-17H2,1H3/t18-/m0/s1. The van der Waals surface area contributed by atoms with Crippen LogP contribution in [0.5, 0.6) is 0 Å². The minimum absolute atomic E-state index is 0.0668. The first kappa shape index (κ1) is 21.6. The van der Waals surface area contributed by atoms with Crippen LogP contribution in [0.15, 0.2) is 18.3 Å². The van der Waals surface area contributed by atoms with Crippen molar-refractivity contribution in [2.75, 3.05) is 39.9 Å². The average molecular weight is 433 g/mol. The topological polar surface area (TPSA) is 50.1 Å². The highest BCUT2D eigenvalue weighted by Crippen LogP contribution is 2.24. The van der Waals surface area contributed by atoms with Gasteiger partial charge in [0.2, 0.25) is 0 Å². The normalized spacial score (nSPS) is 21.5. The Morgan fingerprint density at radius 3 is 2.67 bits per heavy atom. The van der Waals surface area contributed by atoms with Gasteiger partial charge in [-0.25, -0.2) is 4.98 Å². The predicted octanol–water partition coefficient (Wildman–Crippen LogP) is 4.25. The summed E-state index contributed by atoms with van der Waals surface area (Å²) in [6.07, 6.45) is 10.1. The SMILES string of the molecule is COC[C@H]1CCCN(Cc2c(C(=O)N3CCCCCCC3)nc3ccc(Cl)cn23)C1. The summed E-state index contributed by atoms with van der Waals surface area (Å²) in [6.45, 7) is 5.16. The molecule has 2 aliphatic rings. The van der Waals surface area contributed by atoms with Crippen molar-refractivity contribution < 1.29 is 9.53 Å². The number of nitrogens with zero attached hydrogens (tertiary/aromatic N) is 4. The molecule has 2 aromatic rings. The molecule has 2 aromatic heterocycles. The molecule has 0 aliphatic carbocycles. The lowest BCUT2D eigenvalue weighted by atomic mass is 9.99. The van der Waals surface area contributed by atoms with Gasteiger partial charge in [-0.1, -0.05) is 30.9 Å². The third kappa shape index (κ3) is 4.98. The minimum Gasteiger partial charge on any atom is -0.384 e. The summed E-state index contributed by atoms with van der Waals surface area (Å²) in [5.41, 5.74) is 2.33. The van der Waals surface area contributed by atoms with Crippen LogP contribution in [0.25, 0.3) is 5.65 Å². The van der Waals surface area contributed by atoms with Crippen LogP contribution in [0.2, 0.25) is 5.02 Å². The number of pyridine rings is 1. The van der Waals surface area contributed by atoms with Crippen molar-refractivity contribution in [3.63, 3.8) is 0 Å². The highest BCUT2D eigenvalue weighted by Gasteiger charge is 2.27. The third-order valence-corrected chi connectivity index (χ3v) is 6.63. The van der Waals surface area contributed by atoms with E-state index in [0.717, 1.165) is 63.4 Å². The zero-order valence-electron chi connectivity index (χ0n) is 18.0. The monoisotopic (exact) mass is 432 g/mol. The molecule has 0 saturated carbocycles. The maximum Gasteiger partial charge on any atom is 0.274 e. The van der Waals surface area contributed by atoms with Gasteiger partial charge in [-0.2, -0.15) is 0 Å². The molecule has 0 radical (unpaired) electrons. The number of ether oxygens (including phenoxy) is 1. The fourth-order valence-electron chi connectivity index (χ4n) is 4.87. The van der Waals surface area contributed by atoms with E-state index in [1.807, 2.05) is 27.6 Å². The Hall–Kier alpha value is -1.63. The number of amides is 1. The number of methoxy groups -OCH3 is 1. The third-order valence-electron chi connectivity index (χ3n) is 6.41. The molecule has 4 heterocycles. The van der Waals surface area contributed by atoms with Crippen molar-refractivity contribution in [2.24, 2.45) is 5.92 Å². The molecule has 7 heteroatoms. The molecule has 0 N–H and O–H groups in total. The summed E-state index contributed by atoms with van der Waals surface area (Å²) in [6, 6.07) is 3.74. The van der Waals surface area contributed by atoms with Gasteiger partial charge in [-0.05, 0) is 50.3 Å². The Kier molecular flexibility index (Phi) is 7.28. The Bertz CT molecular complexity index is 858. The van der Waals surface area contributed by atoms with E-state index in [4.69, 9.17) is 21.3 Å². The second-order valence-corrected chi connectivity index (χ2v) is 9.18. The summed E-state index contributed by atoms with van der Waals surface area (Å²) in [5, 5.41) is 0.655. The van der Waals surface area contributed by atoms with E-state index in [0.29, 0.717) is 23.2 Å². The van der Waals surface area contributed by atoms with Crippen molar-refractivity contribution >= 4 is 23.2 Å². The molecule has 164 valence electrons. The van der Waals surface area contributed by atoms with Crippen LogP contribution in [0.1, 0.15) is 61.1 Å². The number of halogens is 1. The van der Waals surface area contributed by atoms with Crippen LogP contribution in [0, 0.1) is 5.92 Å². The fourth-order valence-corrected chi connectivity index (χ4v) is 5.03. The lowest BCUT2D eigenvalue weighted by molar-refractivity contribution is 0.0727. The van der Waals surface area contributed by atoms with Gasteiger partial charge < -0.3 is 14.0 Å². The lowest BCUT2D eigenvalue weighted by Crippen LogP contribution is -2.38. The summed E-state index contributed by atoms with van der Waals surface area (Å²) in [5.74, 6) is 0.609. The molecule has 2 aliphatic heterocycles. The number of fused-ring (bicyclic) bond motifs is 1. The van der Waals surface area contributed by atoms with Gasteiger partial charge in [0.05, 0.1) is 17.3 Å². The van der Waals surface area contributed by atoms with Crippen LogP contribution >= 0.6 is 11.6 Å². The Morgan fingerprint density at radius 1 is 1.13 bits per heavy atom. The lowest BCUT2D eigenvalue weighted by Gasteiger charge is -2.32. The van der Waals surface area contributed by atoms with E-state index >= 15 is 0 Å². The zero-order valence-corrected chi connectivity index (χ0v) is 18.7. The molecular weight excluding hydrogens is 400 g/mol. The quantitative estimate of drug-likeness (QED) is 0.708. The van der Waals surface area contributed by atoms with Gasteiger partial charge >= 0.3 is 0 Å². The van der Waals surface area contributed by atoms with Gasteiger partial charge in [-0.3, -0.25) is 9.69 Å². The molecule has 30 heavy (non-hydrogen) atoms. The van der Waals surface area contributed by atoms with Gasteiger partial charge in [0.25, 0.3) is 5.91 Å². The first-order valence-corrected chi connectivity index (χ1v) is 11.7. The zero-order chi connectivity index (χ0) is 20.9. The van der Waals surface area contributed by atoms with Gasteiger partial charge in [0, 0.05) is 39.5 Å². The number of hydrogen-bond donors (Lipinski definition) is 0. The summed E-state index contributed by atoms with van der Waals surface area (Å²) < 4.78 is 7.41. The van der Waals surface area contributed by atoms with Crippen molar-refractivity contribution in [1.29, 1.82) is 0 Å². The molecule has 6 nitrogen and oxygen atoms in total. The van der Waals surface area contributed by atoms with E-state index in [1.54, 1.807) is 7.11 Å². The molecule has 0 bridgehead atoms. The van der Waals surface area contributed by atoms with Crippen molar-refractivity contribution in [2.45, 2.75) is 51.5 Å². The maximum absolute atomic E-state index is 13.5. The molecule has 2 saturated heterocycles. The van der Waals surface area contributed by atoms with Crippen LogP contribution < -0.4 is 0 Å². The van der Waals surface area contributed by atoms with E-state index in [2.05, 4.69) is 4.90 Å². The summed E-state index contributed by atoms with van der Waals surface area (Å²) in [4.78, 5) is 22.7. The highest BCUT2D eigenvalue weighted by atomic mass is 35.5. The second-order valence-electron chi connectivity index (χ2n) is 8.74. The molecular formula is C23H33ClN4O2. The summed E-state index contributed by atoms with van der Waals surface area (Å²) in [7, 11) is 1.77. The number of hydrogen-bond acceptors (Lipinski definition) is 4. The van der Waals surface area contributed by atoms with Crippen molar-refractivity contribution in [3.05, 3.63) is 34.7 Å². The molecule has 1 amide bonds. The van der Waals surface area contributed by atoms with Crippen molar-refractivity contribution in [1.82, 2.24) is 19.2 Å². The molecule has 2 fully saturated rings. The fraction of sp³-hybridized carbons (Fsp3) is 0.652. The number of imidazole rings is 1. The molecule has 0 unspecified atom stereocenters. The number of carbonyl (C=O) groups excluding carboxylic acids is 1. The van der Waals surface area contributed by atoms with Crippen LogP contribution in [-0.2, 0) is 11.3 Å². The smallest absolute Gasteiger partial charge is 0.274 e. The molecule has 4 rings (SSSR count). The number of likely N-dealkylation sites (tertiary alicyclic amines) is 2. The predicted molar refractivity (Wildman–Crippen MR) is 119 cm³/mol.